The Morgan fingerprint density at radius 2 is 2.05 bits per heavy atom. The molecule has 4 N–H and O–H groups in total. The lowest BCUT2D eigenvalue weighted by Gasteiger charge is -2.13. The SMILES string of the molecule is Nc1cccc(C(=O)O)c1Nc1cc(Cl)ccc1Br. The normalized spacial score (nSPS) is 10.2. The number of carbonyl (C=O) groups is 1. The third kappa shape index (κ3) is 3.00. The number of benzene rings is 2. The fourth-order valence-corrected chi connectivity index (χ4v) is 2.13. The Balaban J connectivity index is 2.49. The number of nitrogens with two attached hydrogens (primary N) is 1. The predicted octanol–water partition coefficient (Wildman–Crippen LogP) is 4.13. The molecule has 0 fully saturated rings. The molecule has 0 bridgehead atoms. The van der Waals surface area contributed by atoms with Crippen LogP contribution in [0.3, 0.4) is 0 Å². The highest BCUT2D eigenvalue weighted by Gasteiger charge is 2.13. The third-order valence-corrected chi connectivity index (χ3v) is 3.44. The Kier molecular flexibility index (Phi) is 3.97. The van der Waals surface area contributed by atoms with Crippen molar-refractivity contribution < 1.29 is 9.90 Å². The quantitative estimate of drug-likeness (QED) is 0.734. The summed E-state index contributed by atoms with van der Waals surface area (Å²) < 4.78 is 0.761. The van der Waals surface area contributed by atoms with E-state index in [1.165, 1.54) is 6.07 Å². The molecule has 2 rings (SSSR count). The number of halogens is 2. The first-order valence-corrected chi connectivity index (χ1v) is 6.50. The summed E-state index contributed by atoms with van der Waals surface area (Å²) >= 11 is 9.28. The van der Waals surface area contributed by atoms with Gasteiger partial charge in [-0.3, -0.25) is 0 Å². The number of para-hydroxylation sites is 1. The van der Waals surface area contributed by atoms with Gasteiger partial charge in [0.15, 0.2) is 0 Å². The van der Waals surface area contributed by atoms with Gasteiger partial charge in [0.1, 0.15) is 0 Å². The highest BCUT2D eigenvalue weighted by atomic mass is 79.9. The minimum absolute atomic E-state index is 0.104. The lowest BCUT2D eigenvalue weighted by Crippen LogP contribution is -2.06. The third-order valence-electron chi connectivity index (χ3n) is 2.52. The average Bonchev–Trinajstić information content (AvgIpc) is 2.35. The zero-order valence-electron chi connectivity index (χ0n) is 9.65. The largest absolute Gasteiger partial charge is 0.478 e. The Bertz CT molecular complexity index is 647. The van der Waals surface area contributed by atoms with Gasteiger partial charge in [0.05, 0.1) is 22.6 Å². The molecule has 0 aromatic heterocycles. The molecule has 19 heavy (non-hydrogen) atoms. The summed E-state index contributed by atoms with van der Waals surface area (Å²) in [5.74, 6) is -1.05. The first-order valence-electron chi connectivity index (χ1n) is 5.33. The fraction of sp³-hybridized carbons (Fsp3) is 0. The van der Waals surface area contributed by atoms with E-state index >= 15 is 0 Å². The second-order valence-electron chi connectivity index (χ2n) is 3.82. The average molecular weight is 342 g/mol. The van der Waals surface area contributed by atoms with E-state index in [9.17, 15) is 4.79 Å². The first kappa shape index (κ1) is 13.7. The highest BCUT2D eigenvalue weighted by Crippen LogP contribution is 2.32. The Labute approximate surface area is 123 Å². The van der Waals surface area contributed by atoms with Gasteiger partial charge < -0.3 is 16.2 Å². The highest BCUT2D eigenvalue weighted by molar-refractivity contribution is 9.10. The summed E-state index contributed by atoms with van der Waals surface area (Å²) in [7, 11) is 0. The summed E-state index contributed by atoms with van der Waals surface area (Å²) in [6.45, 7) is 0. The predicted molar refractivity (Wildman–Crippen MR) is 80.2 cm³/mol. The lowest BCUT2D eigenvalue weighted by atomic mass is 10.1. The molecule has 0 aliphatic heterocycles. The molecule has 2 aromatic rings. The zero-order chi connectivity index (χ0) is 14.0. The number of nitrogen functional groups attached to an aromatic ring is 1. The number of carboxylic acid groups (broad SMARTS) is 1. The van der Waals surface area contributed by atoms with E-state index in [0.717, 1.165) is 4.47 Å². The number of rotatable bonds is 3. The molecule has 0 unspecified atom stereocenters. The van der Waals surface area contributed by atoms with Crippen molar-refractivity contribution >= 4 is 50.6 Å². The van der Waals surface area contributed by atoms with Gasteiger partial charge in [0.2, 0.25) is 0 Å². The van der Waals surface area contributed by atoms with Gasteiger partial charge in [-0.25, -0.2) is 4.79 Å². The van der Waals surface area contributed by atoms with Crippen LogP contribution in [0.1, 0.15) is 10.4 Å². The Hall–Kier alpha value is -1.72. The number of nitrogens with one attached hydrogen (secondary N) is 1. The first-order chi connectivity index (χ1) is 8.99. The zero-order valence-corrected chi connectivity index (χ0v) is 12.0. The number of aromatic carboxylic acids is 1. The molecule has 0 radical (unpaired) electrons. The van der Waals surface area contributed by atoms with Gasteiger partial charge in [0, 0.05) is 9.50 Å². The van der Waals surface area contributed by atoms with Gasteiger partial charge in [-0.1, -0.05) is 17.7 Å². The van der Waals surface area contributed by atoms with Crippen molar-refractivity contribution in [2.24, 2.45) is 0 Å². The van der Waals surface area contributed by atoms with Crippen LogP contribution in [0.2, 0.25) is 5.02 Å². The van der Waals surface area contributed by atoms with Gasteiger partial charge in [0.25, 0.3) is 0 Å². The molecule has 2 aromatic carbocycles. The number of hydrogen-bond donors (Lipinski definition) is 3. The van der Waals surface area contributed by atoms with Crippen molar-refractivity contribution in [3.8, 4) is 0 Å². The van der Waals surface area contributed by atoms with Crippen LogP contribution in [0.4, 0.5) is 17.1 Å². The van der Waals surface area contributed by atoms with Crippen LogP contribution >= 0.6 is 27.5 Å². The summed E-state index contributed by atoms with van der Waals surface area (Å²) in [6, 6.07) is 9.89. The van der Waals surface area contributed by atoms with Crippen molar-refractivity contribution in [2.45, 2.75) is 0 Å². The molecule has 0 aliphatic carbocycles. The van der Waals surface area contributed by atoms with E-state index in [4.69, 9.17) is 22.4 Å². The molecule has 0 atom stereocenters. The van der Waals surface area contributed by atoms with Crippen LogP contribution in [0.5, 0.6) is 0 Å². The molecule has 0 saturated heterocycles. The minimum Gasteiger partial charge on any atom is -0.478 e. The Morgan fingerprint density at radius 1 is 1.32 bits per heavy atom. The lowest BCUT2D eigenvalue weighted by molar-refractivity contribution is 0.0698. The van der Waals surface area contributed by atoms with Gasteiger partial charge in [-0.2, -0.15) is 0 Å². The maximum atomic E-state index is 11.2. The van der Waals surface area contributed by atoms with Gasteiger partial charge in [-0.05, 0) is 46.3 Å². The molecule has 0 saturated carbocycles. The van der Waals surface area contributed by atoms with Crippen LogP contribution in [-0.2, 0) is 0 Å². The van der Waals surface area contributed by atoms with Gasteiger partial charge >= 0.3 is 5.97 Å². The van der Waals surface area contributed by atoms with Crippen LogP contribution in [0.15, 0.2) is 40.9 Å². The van der Waals surface area contributed by atoms with E-state index in [0.29, 0.717) is 22.1 Å². The number of hydrogen-bond acceptors (Lipinski definition) is 3. The van der Waals surface area contributed by atoms with Crippen LogP contribution in [-0.4, -0.2) is 11.1 Å². The standard InChI is InChI=1S/C13H10BrClN2O2/c14-9-5-4-7(15)6-11(9)17-12-8(13(18)19)2-1-3-10(12)16/h1-6,17H,16H2,(H,18,19). The van der Waals surface area contributed by atoms with Crippen molar-refractivity contribution in [1.82, 2.24) is 0 Å². The molecule has 6 heteroatoms. The maximum Gasteiger partial charge on any atom is 0.337 e. The maximum absolute atomic E-state index is 11.2. The van der Waals surface area contributed by atoms with E-state index in [1.54, 1.807) is 30.3 Å². The molecule has 0 aliphatic rings. The van der Waals surface area contributed by atoms with Crippen LogP contribution in [0.25, 0.3) is 0 Å². The topological polar surface area (TPSA) is 75.4 Å². The summed E-state index contributed by atoms with van der Waals surface area (Å²) in [5.41, 5.74) is 7.27. The van der Waals surface area contributed by atoms with E-state index in [-0.39, 0.29) is 5.56 Å². The fourth-order valence-electron chi connectivity index (χ4n) is 1.62. The molecule has 0 spiro atoms. The monoisotopic (exact) mass is 340 g/mol. The van der Waals surface area contributed by atoms with Crippen LogP contribution in [0, 0.1) is 0 Å². The van der Waals surface area contributed by atoms with Crippen molar-refractivity contribution in [2.75, 3.05) is 11.1 Å². The second kappa shape index (κ2) is 5.50. The smallest absolute Gasteiger partial charge is 0.337 e. The Morgan fingerprint density at radius 3 is 2.74 bits per heavy atom. The van der Waals surface area contributed by atoms with E-state index in [2.05, 4.69) is 21.2 Å². The summed E-state index contributed by atoms with van der Waals surface area (Å²) in [6.07, 6.45) is 0. The second-order valence-corrected chi connectivity index (χ2v) is 5.11. The summed E-state index contributed by atoms with van der Waals surface area (Å²) in [4.78, 5) is 11.2. The number of anilines is 3. The number of carboxylic acids is 1. The van der Waals surface area contributed by atoms with E-state index < -0.39 is 5.97 Å². The van der Waals surface area contributed by atoms with Crippen molar-refractivity contribution in [3.05, 3.63) is 51.5 Å². The molecule has 4 nitrogen and oxygen atoms in total. The molecule has 0 amide bonds. The summed E-state index contributed by atoms with van der Waals surface area (Å²) in [5, 5.41) is 12.7. The molecular weight excluding hydrogens is 332 g/mol. The van der Waals surface area contributed by atoms with Crippen LogP contribution < -0.4 is 11.1 Å². The van der Waals surface area contributed by atoms with Crippen molar-refractivity contribution in [3.63, 3.8) is 0 Å². The minimum atomic E-state index is -1.05. The van der Waals surface area contributed by atoms with Crippen molar-refractivity contribution in [1.29, 1.82) is 0 Å². The molecule has 0 heterocycles. The molecular formula is C13H10BrClN2O2. The van der Waals surface area contributed by atoms with Gasteiger partial charge in [-0.15, -0.1) is 0 Å². The molecule has 98 valence electrons. The van der Waals surface area contributed by atoms with E-state index in [1.807, 2.05) is 0 Å².